The molecule has 0 fully saturated rings. The Kier molecular flexibility index (Phi) is 3.02. The van der Waals surface area contributed by atoms with E-state index in [9.17, 15) is 4.79 Å². The molecule has 3 nitrogen and oxygen atoms in total. The van der Waals surface area contributed by atoms with E-state index in [1.165, 1.54) is 16.7 Å². The van der Waals surface area contributed by atoms with Gasteiger partial charge in [-0.3, -0.25) is 4.79 Å². The Morgan fingerprint density at radius 1 is 1.47 bits per heavy atom. The third kappa shape index (κ3) is 2.36. The molecule has 80 valence electrons. The van der Waals surface area contributed by atoms with Crippen LogP contribution in [0.5, 0.6) is 0 Å². The maximum Gasteiger partial charge on any atom is 0.217 e. The summed E-state index contributed by atoms with van der Waals surface area (Å²) >= 11 is 0. The van der Waals surface area contributed by atoms with Gasteiger partial charge in [0.05, 0.1) is 0 Å². The van der Waals surface area contributed by atoms with Crippen molar-refractivity contribution in [1.82, 2.24) is 5.32 Å². The van der Waals surface area contributed by atoms with E-state index in [-0.39, 0.29) is 5.91 Å². The third-order valence-electron chi connectivity index (χ3n) is 2.88. The van der Waals surface area contributed by atoms with Crippen LogP contribution in [0.1, 0.15) is 23.1 Å². The van der Waals surface area contributed by atoms with Crippen molar-refractivity contribution in [2.45, 2.75) is 25.8 Å². The van der Waals surface area contributed by atoms with Crippen LogP contribution in [0.25, 0.3) is 0 Å². The molecule has 1 amide bonds. The predicted molar refractivity (Wildman–Crippen MR) is 59.4 cm³/mol. The highest BCUT2D eigenvalue weighted by Gasteiger charge is 2.12. The smallest absolute Gasteiger partial charge is 0.217 e. The van der Waals surface area contributed by atoms with E-state index in [2.05, 4.69) is 23.5 Å². The van der Waals surface area contributed by atoms with Gasteiger partial charge in [0.1, 0.15) is 0 Å². The summed E-state index contributed by atoms with van der Waals surface area (Å²) in [4.78, 5) is 10.7. The third-order valence-corrected chi connectivity index (χ3v) is 2.88. The van der Waals surface area contributed by atoms with Crippen LogP contribution in [-0.4, -0.2) is 12.5 Å². The molecule has 2 rings (SSSR count). The van der Waals surface area contributed by atoms with Gasteiger partial charge in [-0.25, -0.2) is 0 Å². The minimum Gasteiger partial charge on any atom is -0.370 e. The summed E-state index contributed by atoms with van der Waals surface area (Å²) in [6.07, 6.45) is 2.29. The van der Waals surface area contributed by atoms with Crippen LogP contribution in [0, 0.1) is 0 Å². The Morgan fingerprint density at radius 2 is 2.33 bits per heavy atom. The Morgan fingerprint density at radius 3 is 3.13 bits per heavy atom. The number of carbonyl (C=O) groups excluding carboxylic acids is 1. The summed E-state index contributed by atoms with van der Waals surface area (Å²) in [5.74, 6) is -0.226. The highest BCUT2D eigenvalue weighted by molar-refractivity contribution is 5.74. The number of primary amides is 1. The van der Waals surface area contributed by atoms with Crippen LogP contribution in [0.2, 0.25) is 0 Å². The molecule has 1 aliphatic heterocycles. The first-order valence-corrected chi connectivity index (χ1v) is 5.36. The molecule has 0 aliphatic carbocycles. The van der Waals surface area contributed by atoms with E-state index in [4.69, 9.17) is 5.73 Å². The first kappa shape index (κ1) is 10.2. The molecule has 0 atom stereocenters. The molecule has 15 heavy (non-hydrogen) atoms. The molecule has 1 aromatic carbocycles. The molecule has 1 heterocycles. The number of hydrogen-bond donors (Lipinski definition) is 2. The van der Waals surface area contributed by atoms with Gasteiger partial charge >= 0.3 is 0 Å². The summed E-state index contributed by atoms with van der Waals surface area (Å²) in [5, 5.41) is 3.35. The molecular weight excluding hydrogens is 188 g/mol. The minimum absolute atomic E-state index is 0.226. The number of hydrogen-bond acceptors (Lipinski definition) is 2. The fraction of sp³-hybridized carbons (Fsp3) is 0.417. The summed E-state index contributed by atoms with van der Waals surface area (Å²) in [6.45, 7) is 1.97. The van der Waals surface area contributed by atoms with Crippen LogP contribution in [-0.2, 0) is 24.2 Å². The zero-order valence-electron chi connectivity index (χ0n) is 8.75. The van der Waals surface area contributed by atoms with Crippen molar-refractivity contribution in [3.05, 3.63) is 34.9 Å². The normalized spacial score (nSPS) is 14.7. The van der Waals surface area contributed by atoms with Gasteiger partial charge in [-0.1, -0.05) is 18.2 Å². The number of fused-ring (bicyclic) bond motifs is 1. The zero-order chi connectivity index (χ0) is 10.7. The molecule has 3 heteroatoms. The lowest BCUT2D eigenvalue weighted by Crippen LogP contribution is -2.25. The molecule has 0 unspecified atom stereocenters. The van der Waals surface area contributed by atoms with Crippen molar-refractivity contribution < 1.29 is 4.79 Å². The van der Waals surface area contributed by atoms with Gasteiger partial charge in [-0.2, -0.15) is 0 Å². The number of benzene rings is 1. The highest BCUT2D eigenvalue weighted by Crippen LogP contribution is 2.19. The van der Waals surface area contributed by atoms with Crippen LogP contribution >= 0.6 is 0 Å². The Hall–Kier alpha value is -1.35. The molecular formula is C12H16N2O. The molecule has 1 aliphatic rings. The first-order chi connectivity index (χ1) is 7.27. The largest absolute Gasteiger partial charge is 0.370 e. The number of rotatable bonds is 3. The summed E-state index contributed by atoms with van der Waals surface area (Å²) < 4.78 is 0. The van der Waals surface area contributed by atoms with E-state index < -0.39 is 0 Å². The van der Waals surface area contributed by atoms with Gasteiger partial charge in [-0.05, 0) is 36.1 Å². The van der Waals surface area contributed by atoms with E-state index in [1.54, 1.807) is 0 Å². The minimum atomic E-state index is -0.226. The van der Waals surface area contributed by atoms with Crippen molar-refractivity contribution >= 4 is 5.91 Å². The molecule has 3 N–H and O–H groups in total. The van der Waals surface area contributed by atoms with Crippen LogP contribution in [0.15, 0.2) is 18.2 Å². The standard InChI is InChI=1S/C12H16N2O/c13-12(15)5-4-9-2-1-3-10-6-7-14-8-11(9)10/h1-3,14H,4-8H2,(H2,13,15). The number of amides is 1. The number of aryl methyl sites for hydroxylation is 1. The maximum absolute atomic E-state index is 10.7. The van der Waals surface area contributed by atoms with Crippen LogP contribution < -0.4 is 11.1 Å². The van der Waals surface area contributed by atoms with Crippen molar-refractivity contribution in [3.63, 3.8) is 0 Å². The van der Waals surface area contributed by atoms with Crippen molar-refractivity contribution in [1.29, 1.82) is 0 Å². The average Bonchev–Trinajstić information content (AvgIpc) is 2.26. The molecule has 0 aromatic heterocycles. The van der Waals surface area contributed by atoms with Crippen molar-refractivity contribution in [3.8, 4) is 0 Å². The highest BCUT2D eigenvalue weighted by atomic mass is 16.1. The number of nitrogens with one attached hydrogen (secondary N) is 1. The van der Waals surface area contributed by atoms with Crippen LogP contribution in [0.3, 0.4) is 0 Å². The lowest BCUT2D eigenvalue weighted by molar-refractivity contribution is -0.117. The first-order valence-electron chi connectivity index (χ1n) is 5.36. The molecule has 0 saturated heterocycles. The molecule has 0 saturated carbocycles. The molecule has 0 spiro atoms. The second-order valence-corrected chi connectivity index (χ2v) is 3.95. The topological polar surface area (TPSA) is 55.1 Å². The van der Waals surface area contributed by atoms with Gasteiger partial charge < -0.3 is 11.1 Å². The Bertz CT molecular complexity index is 374. The van der Waals surface area contributed by atoms with Crippen molar-refractivity contribution in [2.75, 3.05) is 6.54 Å². The van der Waals surface area contributed by atoms with Crippen LogP contribution in [0.4, 0.5) is 0 Å². The van der Waals surface area contributed by atoms with Gasteiger partial charge in [0.25, 0.3) is 0 Å². The number of nitrogens with two attached hydrogens (primary N) is 1. The number of carbonyl (C=O) groups is 1. The predicted octanol–water partition coefficient (Wildman–Crippen LogP) is 0.750. The fourth-order valence-electron chi connectivity index (χ4n) is 2.08. The lowest BCUT2D eigenvalue weighted by atomic mass is 9.93. The quantitative estimate of drug-likeness (QED) is 0.763. The second kappa shape index (κ2) is 4.45. The van der Waals surface area contributed by atoms with E-state index in [0.29, 0.717) is 6.42 Å². The maximum atomic E-state index is 10.7. The lowest BCUT2D eigenvalue weighted by Gasteiger charge is -2.20. The SMILES string of the molecule is NC(=O)CCc1cccc2c1CNCC2. The van der Waals surface area contributed by atoms with Gasteiger partial charge in [0.15, 0.2) is 0 Å². The van der Waals surface area contributed by atoms with Gasteiger partial charge in [0, 0.05) is 13.0 Å². The van der Waals surface area contributed by atoms with Crippen molar-refractivity contribution in [2.24, 2.45) is 5.73 Å². The second-order valence-electron chi connectivity index (χ2n) is 3.95. The summed E-state index contributed by atoms with van der Waals surface area (Å²) in [7, 11) is 0. The van der Waals surface area contributed by atoms with E-state index >= 15 is 0 Å². The molecule has 0 radical (unpaired) electrons. The average molecular weight is 204 g/mol. The van der Waals surface area contributed by atoms with Gasteiger partial charge in [-0.15, -0.1) is 0 Å². The van der Waals surface area contributed by atoms with E-state index in [1.807, 2.05) is 0 Å². The van der Waals surface area contributed by atoms with E-state index in [0.717, 1.165) is 25.9 Å². The summed E-state index contributed by atoms with van der Waals surface area (Å²) in [6, 6.07) is 6.33. The zero-order valence-corrected chi connectivity index (χ0v) is 8.75. The van der Waals surface area contributed by atoms with Gasteiger partial charge in [0.2, 0.25) is 5.91 Å². The fourth-order valence-corrected chi connectivity index (χ4v) is 2.08. The monoisotopic (exact) mass is 204 g/mol. The summed E-state index contributed by atoms with van der Waals surface area (Å²) in [5.41, 5.74) is 9.20. The Labute approximate surface area is 89.7 Å². The molecule has 0 bridgehead atoms. The Balaban J connectivity index is 2.19. The molecule has 1 aromatic rings.